The van der Waals surface area contributed by atoms with Crippen molar-refractivity contribution in [2.75, 3.05) is 11.9 Å². The zero-order valence-electron chi connectivity index (χ0n) is 15.3. The second-order valence-corrected chi connectivity index (χ2v) is 7.43. The van der Waals surface area contributed by atoms with E-state index in [1.165, 1.54) is 5.56 Å². The molecule has 0 atom stereocenters. The number of amides is 1. The number of aliphatic carboxylic acids is 1. The molecule has 0 saturated heterocycles. The molecule has 5 nitrogen and oxygen atoms in total. The number of fused-ring (bicyclic) bond motifs is 1. The first kappa shape index (κ1) is 20.2. The van der Waals surface area contributed by atoms with E-state index in [0.717, 1.165) is 30.5 Å². The lowest BCUT2D eigenvalue weighted by atomic mass is 9.90. The van der Waals surface area contributed by atoms with Gasteiger partial charge in [-0.05, 0) is 41.9 Å². The normalized spacial score (nSPS) is 13.9. The molecular weight excluding hydrogens is 304 g/mol. The van der Waals surface area contributed by atoms with Crippen LogP contribution in [0.1, 0.15) is 57.6 Å². The number of carboxylic acid groups (broad SMARTS) is 1. The lowest BCUT2D eigenvalue weighted by molar-refractivity contribution is -0.137. The van der Waals surface area contributed by atoms with Crippen LogP contribution in [0, 0.1) is 5.41 Å². The van der Waals surface area contributed by atoms with E-state index >= 15 is 0 Å². The maximum atomic E-state index is 11.4. The summed E-state index contributed by atoms with van der Waals surface area (Å²) in [5, 5.41) is 8.31. The number of hydrogen-bond acceptors (Lipinski definition) is 3. The fraction of sp³-hybridized carbons (Fsp3) is 0.579. The Morgan fingerprint density at radius 2 is 1.96 bits per heavy atom. The van der Waals surface area contributed by atoms with Crippen molar-refractivity contribution in [2.45, 2.75) is 59.4 Å². The van der Waals surface area contributed by atoms with Crippen LogP contribution >= 0.6 is 0 Å². The molecule has 1 aromatic rings. The molecule has 1 aliphatic rings. The minimum absolute atomic E-state index is 0.193. The Labute approximate surface area is 144 Å². The van der Waals surface area contributed by atoms with Crippen LogP contribution < -0.4 is 10.6 Å². The Morgan fingerprint density at radius 3 is 2.50 bits per heavy atom. The minimum Gasteiger partial charge on any atom is -0.481 e. The van der Waals surface area contributed by atoms with Crippen LogP contribution in [-0.2, 0) is 22.6 Å². The van der Waals surface area contributed by atoms with E-state index in [1.54, 1.807) is 4.90 Å². The summed E-state index contributed by atoms with van der Waals surface area (Å²) in [4.78, 5) is 23.2. The number of nitrogens with two attached hydrogens (primary N) is 1. The number of carbonyl (C=O) groups excluding carboxylic acids is 1. The second-order valence-electron chi connectivity index (χ2n) is 7.43. The predicted octanol–water partition coefficient (Wildman–Crippen LogP) is 3.34. The standard InChI is InChI=1S/C11H14N2O.C8H16O2/c1-13-10-4-2-8(7-12)6-9(10)3-5-11(13)14;1-8(2,3)6-4-5-7(9)10/h2,4,6H,3,5,7,12H2,1H3;4-6H2,1-3H3,(H,9,10). The average Bonchev–Trinajstić information content (AvgIpc) is 2.49. The topological polar surface area (TPSA) is 83.6 Å². The van der Waals surface area contributed by atoms with Crippen molar-refractivity contribution in [3.8, 4) is 0 Å². The van der Waals surface area contributed by atoms with Crippen LogP contribution in [0.5, 0.6) is 0 Å². The van der Waals surface area contributed by atoms with Gasteiger partial charge in [0.1, 0.15) is 0 Å². The van der Waals surface area contributed by atoms with Crippen molar-refractivity contribution in [3.63, 3.8) is 0 Å². The highest BCUT2D eigenvalue weighted by Gasteiger charge is 2.20. The first-order valence-electron chi connectivity index (χ1n) is 8.44. The van der Waals surface area contributed by atoms with E-state index in [4.69, 9.17) is 10.8 Å². The molecule has 0 aliphatic carbocycles. The van der Waals surface area contributed by atoms with Crippen molar-refractivity contribution in [3.05, 3.63) is 29.3 Å². The van der Waals surface area contributed by atoms with Gasteiger partial charge in [-0.3, -0.25) is 9.59 Å². The molecule has 2 rings (SSSR count). The zero-order valence-corrected chi connectivity index (χ0v) is 15.3. The van der Waals surface area contributed by atoms with Gasteiger partial charge in [-0.1, -0.05) is 32.9 Å². The first-order valence-corrected chi connectivity index (χ1v) is 8.44. The Hall–Kier alpha value is -1.88. The smallest absolute Gasteiger partial charge is 0.303 e. The van der Waals surface area contributed by atoms with Gasteiger partial charge in [-0.15, -0.1) is 0 Å². The minimum atomic E-state index is -0.691. The first-order chi connectivity index (χ1) is 11.1. The largest absolute Gasteiger partial charge is 0.481 e. The van der Waals surface area contributed by atoms with E-state index in [9.17, 15) is 9.59 Å². The van der Waals surface area contributed by atoms with Crippen LogP contribution in [0.4, 0.5) is 5.69 Å². The molecule has 0 radical (unpaired) electrons. The molecule has 0 aromatic heterocycles. The molecule has 0 saturated carbocycles. The number of nitrogens with zero attached hydrogens (tertiary/aromatic N) is 1. The van der Waals surface area contributed by atoms with Gasteiger partial charge in [-0.2, -0.15) is 0 Å². The third kappa shape index (κ3) is 6.71. The van der Waals surface area contributed by atoms with Gasteiger partial charge < -0.3 is 15.7 Å². The molecule has 0 fully saturated rings. The Kier molecular flexibility index (Phi) is 7.42. The number of rotatable bonds is 4. The van der Waals surface area contributed by atoms with Crippen molar-refractivity contribution in [2.24, 2.45) is 11.1 Å². The van der Waals surface area contributed by atoms with Gasteiger partial charge in [0.15, 0.2) is 0 Å². The third-order valence-corrected chi connectivity index (χ3v) is 4.04. The molecule has 0 unspecified atom stereocenters. The number of anilines is 1. The summed E-state index contributed by atoms with van der Waals surface area (Å²) in [6, 6.07) is 6.06. The summed E-state index contributed by atoms with van der Waals surface area (Å²) in [5.41, 5.74) is 9.23. The van der Waals surface area contributed by atoms with Crippen molar-refractivity contribution >= 4 is 17.6 Å². The molecule has 0 bridgehead atoms. The molecule has 0 spiro atoms. The lowest BCUT2D eigenvalue weighted by Gasteiger charge is -2.26. The Bertz CT molecular complexity index is 576. The van der Waals surface area contributed by atoms with Gasteiger partial charge in [0, 0.05) is 32.1 Å². The van der Waals surface area contributed by atoms with E-state index in [0.29, 0.717) is 19.4 Å². The molecule has 1 aliphatic heterocycles. The SMILES string of the molecule is CC(C)(C)CCCC(=O)O.CN1C(=O)CCc2cc(CN)ccc21. The van der Waals surface area contributed by atoms with Gasteiger partial charge in [0.2, 0.25) is 5.91 Å². The van der Waals surface area contributed by atoms with E-state index in [-0.39, 0.29) is 11.3 Å². The number of carbonyl (C=O) groups is 2. The second kappa shape index (κ2) is 8.83. The maximum Gasteiger partial charge on any atom is 0.303 e. The van der Waals surface area contributed by atoms with E-state index < -0.39 is 5.97 Å². The van der Waals surface area contributed by atoms with Crippen molar-refractivity contribution in [1.29, 1.82) is 0 Å². The lowest BCUT2D eigenvalue weighted by Crippen LogP contribution is -2.31. The third-order valence-electron chi connectivity index (χ3n) is 4.04. The van der Waals surface area contributed by atoms with E-state index in [1.807, 2.05) is 19.2 Å². The van der Waals surface area contributed by atoms with Crippen LogP contribution in [0.25, 0.3) is 0 Å². The van der Waals surface area contributed by atoms with Crippen LogP contribution in [0.2, 0.25) is 0 Å². The summed E-state index contributed by atoms with van der Waals surface area (Å²) in [6.07, 6.45) is 3.53. The monoisotopic (exact) mass is 334 g/mol. The molecule has 24 heavy (non-hydrogen) atoms. The van der Waals surface area contributed by atoms with Crippen LogP contribution in [-0.4, -0.2) is 24.0 Å². The fourth-order valence-electron chi connectivity index (χ4n) is 2.61. The number of hydrogen-bond donors (Lipinski definition) is 2. The van der Waals surface area contributed by atoms with Gasteiger partial charge >= 0.3 is 5.97 Å². The maximum absolute atomic E-state index is 11.4. The summed E-state index contributed by atoms with van der Waals surface area (Å²) in [7, 11) is 1.82. The molecule has 1 heterocycles. The molecule has 1 amide bonds. The van der Waals surface area contributed by atoms with Crippen molar-refractivity contribution in [1.82, 2.24) is 0 Å². The zero-order chi connectivity index (χ0) is 18.3. The summed E-state index contributed by atoms with van der Waals surface area (Å²) in [6.45, 7) is 6.92. The summed E-state index contributed by atoms with van der Waals surface area (Å²) < 4.78 is 0. The Balaban J connectivity index is 0.000000257. The highest BCUT2D eigenvalue weighted by atomic mass is 16.4. The summed E-state index contributed by atoms with van der Waals surface area (Å²) >= 11 is 0. The molecule has 5 heteroatoms. The molecular formula is C19H30N2O3. The Morgan fingerprint density at radius 1 is 1.29 bits per heavy atom. The predicted molar refractivity (Wildman–Crippen MR) is 97.0 cm³/mol. The van der Waals surface area contributed by atoms with Crippen LogP contribution in [0.3, 0.4) is 0 Å². The van der Waals surface area contributed by atoms with Gasteiger partial charge in [-0.25, -0.2) is 0 Å². The average molecular weight is 334 g/mol. The summed E-state index contributed by atoms with van der Waals surface area (Å²) in [5.74, 6) is -0.498. The molecule has 134 valence electrons. The van der Waals surface area contributed by atoms with Gasteiger partial charge in [0.25, 0.3) is 0 Å². The van der Waals surface area contributed by atoms with E-state index in [2.05, 4.69) is 26.8 Å². The highest BCUT2D eigenvalue weighted by Crippen LogP contribution is 2.27. The highest BCUT2D eigenvalue weighted by molar-refractivity contribution is 5.95. The van der Waals surface area contributed by atoms with Crippen molar-refractivity contribution < 1.29 is 14.7 Å². The quantitative estimate of drug-likeness (QED) is 0.884. The van der Waals surface area contributed by atoms with Crippen LogP contribution in [0.15, 0.2) is 18.2 Å². The fourth-order valence-corrected chi connectivity index (χ4v) is 2.61. The van der Waals surface area contributed by atoms with Gasteiger partial charge in [0.05, 0.1) is 0 Å². The number of carboxylic acids is 1. The number of aryl methyl sites for hydroxylation is 1. The molecule has 1 aromatic carbocycles. The molecule has 3 N–H and O–H groups in total. The number of benzene rings is 1.